The molecule has 1 aliphatic rings. The topological polar surface area (TPSA) is 97.1 Å². The number of likely N-dealkylation sites (tertiary alicyclic amines) is 1. The quantitative estimate of drug-likeness (QED) is 0.409. The van der Waals surface area contributed by atoms with Crippen LogP contribution in [0.4, 0.5) is 5.69 Å². The van der Waals surface area contributed by atoms with Gasteiger partial charge in [-0.3, -0.25) is 13.5 Å². The van der Waals surface area contributed by atoms with Crippen LogP contribution in [0.1, 0.15) is 35.1 Å². The molecular weight excluding hydrogens is 466 g/mol. The maximum atomic E-state index is 13.4. The molecule has 0 spiro atoms. The van der Waals surface area contributed by atoms with Crippen LogP contribution in [0.15, 0.2) is 77.8 Å². The van der Waals surface area contributed by atoms with E-state index in [1.165, 1.54) is 30.6 Å². The minimum atomic E-state index is -3.85. The smallest absolute Gasteiger partial charge is 0.264 e. The normalized spacial score (nSPS) is 15.9. The average Bonchev–Trinajstić information content (AvgIpc) is 3.55. The summed E-state index contributed by atoms with van der Waals surface area (Å²) in [4.78, 5) is 15.3. The molecule has 0 radical (unpaired) electrons. The van der Waals surface area contributed by atoms with Crippen LogP contribution in [0.2, 0.25) is 0 Å². The van der Waals surface area contributed by atoms with E-state index in [0.29, 0.717) is 23.5 Å². The lowest BCUT2D eigenvalue weighted by Crippen LogP contribution is -2.31. The van der Waals surface area contributed by atoms with Crippen LogP contribution in [0, 0.1) is 0 Å². The van der Waals surface area contributed by atoms with Crippen molar-refractivity contribution in [2.45, 2.75) is 23.8 Å². The Balaban J connectivity index is 1.39. The van der Waals surface area contributed by atoms with Gasteiger partial charge in [0, 0.05) is 25.4 Å². The van der Waals surface area contributed by atoms with Crippen molar-refractivity contribution in [3.63, 3.8) is 0 Å². The highest BCUT2D eigenvalue weighted by molar-refractivity contribution is 7.92. The number of hydrogen-bond acceptors (Lipinski definition) is 6. The predicted molar refractivity (Wildman–Crippen MR) is 131 cm³/mol. The number of amides is 1. The number of fused-ring (bicyclic) bond motifs is 1. The first-order valence-electron chi connectivity index (χ1n) is 11.2. The average molecular weight is 492 g/mol. The summed E-state index contributed by atoms with van der Waals surface area (Å²) in [6, 6.07) is 18.4. The fourth-order valence-electron chi connectivity index (χ4n) is 4.48. The highest BCUT2D eigenvalue weighted by atomic mass is 32.2. The third-order valence-electron chi connectivity index (χ3n) is 6.34. The first kappa shape index (κ1) is 22.9. The molecule has 1 atom stereocenters. The monoisotopic (exact) mass is 491 g/mol. The molecule has 0 aliphatic carbocycles. The summed E-state index contributed by atoms with van der Waals surface area (Å²) >= 11 is 0. The number of nitrogens with zero attached hydrogens (tertiary/aromatic N) is 5. The van der Waals surface area contributed by atoms with Crippen molar-refractivity contribution in [1.82, 2.24) is 19.5 Å². The summed E-state index contributed by atoms with van der Waals surface area (Å²) < 4.78 is 34.8. The van der Waals surface area contributed by atoms with Crippen molar-refractivity contribution in [2.75, 3.05) is 25.0 Å². The van der Waals surface area contributed by atoms with Crippen LogP contribution in [-0.2, 0) is 10.0 Å². The Kier molecular flexibility index (Phi) is 5.89. The molecule has 1 unspecified atom stereocenters. The van der Waals surface area contributed by atoms with Crippen LogP contribution >= 0.6 is 0 Å². The summed E-state index contributed by atoms with van der Waals surface area (Å²) in [7, 11) is -0.880. The minimum Gasteiger partial charge on any atom is -0.495 e. The Morgan fingerprint density at radius 1 is 1.03 bits per heavy atom. The summed E-state index contributed by atoms with van der Waals surface area (Å²) in [5.74, 6) is 1.01. The van der Waals surface area contributed by atoms with Crippen molar-refractivity contribution < 1.29 is 17.9 Å². The second kappa shape index (κ2) is 9.03. The SMILES string of the molecule is COc1ccccc1N(C)S(=O)(=O)c1ccc(C(=O)N2CCCC2c2nnc3ccccn23)cc1. The summed E-state index contributed by atoms with van der Waals surface area (Å²) in [6.07, 6.45) is 3.54. The number of carbonyl (C=O) groups excluding carboxylic acids is 1. The number of ether oxygens (including phenoxy) is 1. The summed E-state index contributed by atoms with van der Waals surface area (Å²) in [5.41, 5.74) is 1.58. The zero-order valence-corrected chi connectivity index (χ0v) is 20.2. The highest BCUT2D eigenvalue weighted by Gasteiger charge is 2.34. The first-order valence-corrected chi connectivity index (χ1v) is 12.7. The van der Waals surface area contributed by atoms with E-state index < -0.39 is 10.0 Å². The molecule has 180 valence electrons. The molecule has 3 heterocycles. The van der Waals surface area contributed by atoms with E-state index in [-0.39, 0.29) is 16.8 Å². The molecule has 1 fully saturated rings. The van der Waals surface area contributed by atoms with Crippen LogP contribution in [0.3, 0.4) is 0 Å². The number of anilines is 1. The van der Waals surface area contributed by atoms with E-state index in [4.69, 9.17) is 4.74 Å². The molecule has 1 aliphatic heterocycles. The lowest BCUT2D eigenvalue weighted by atomic mass is 10.1. The van der Waals surface area contributed by atoms with Gasteiger partial charge in [-0.1, -0.05) is 18.2 Å². The van der Waals surface area contributed by atoms with Gasteiger partial charge in [-0.25, -0.2) is 8.42 Å². The van der Waals surface area contributed by atoms with Crippen molar-refractivity contribution in [1.29, 1.82) is 0 Å². The van der Waals surface area contributed by atoms with E-state index in [1.807, 2.05) is 28.8 Å². The van der Waals surface area contributed by atoms with Crippen molar-refractivity contribution in [2.24, 2.45) is 0 Å². The molecule has 2 aromatic heterocycles. The lowest BCUT2D eigenvalue weighted by molar-refractivity contribution is 0.0729. The number of rotatable bonds is 6. The predicted octanol–water partition coefficient (Wildman–Crippen LogP) is 3.54. The van der Waals surface area contributed by atoms with E-state index in [0.717, 1.165) is 24.3 Å². The van der Waals surface area contributed by atoms with Crippen molar-refractivity contribution in [3.05, 3.63) is 84.3 Å². The number of carbonyl (C=O) groups is 1. The molecule has 10 heteroatoms. The molecule has 5 rings (SSSR count). The van der Waals surface area contributed by atoms with Crippen LogP contribution in [0.5, 0.6) is 5.75 Å². The molecular formula is C25H25N5O4S. The second-order valence-corrected chi connectivity index (χ2v) is 10.3. The Hall–Kier alpha value is -3.92. The minimum absolute atomic E-state index is 0.0869. The van der Waals surface area contributed by atoms with Gasteiger partial charge in [0.25, 0.3) is 15.9 Å². The van der Waals surface area contributed by atoms with E-state index in [1.54, 1.807) is 41.3 Å². The third kappa shape index (κ3) is 3.99. The van der Waals surface area contributed by atoms with Gasteiger partial charge in [-0.05, 0) is 61.4 Å². The molecule has 9 nitrogen and oxygen atoms in total. The fraction of sp³-hybridized carbons (Fsp3) is 0.240. The Morgan fingerprint density at radius 2 is 1.77 bits per heavy atom. The molecule has 2 aromatic carbocycles. The Labute approximate surface area is 203 Å². The van der Waals surface area contributed by atoms with Gasteiger partial charge in [-0.2, -0.15) is 0 Å². The van der Waals surface area contributed by atoms with Crippen LogP contribution < -0.4 is 9.04 Å². The molecule has 0 N–H and O–H groups in total. The van der Waals surface area contributed by atoms with Crippen LogP contribution in [0.25, 0.3) is 5.65 Å². The van der Waals surface area contributed by atoms with Gasteiger partial charge in [0.1, 0.15) is 5.75 Å². The van der Waals surface area contributed by atoms with Crippen molar-refractivity contribution in [3.8, 4) is 5.75 Å². The number of hydrogen-bond donors (Lipinski definition) is 0. The molecule has 0 saturated carbocycles. The number of benzene rings is 2. The Bertz CT molecular complexity index is 1480. The zero-order chi connectivity index (χ0) is 24.6. The molecule has 1 amide bonds. The maximum Gasteiger partial charge on any atom is 0.264 e. The lowest BCUT2D eigenvalue weighted by Gasteiger charge is -2.24. The molecule has 4 aromatic rings. The van der Waals surface area contributed by atoms with Gasteiger partial charge in [0.2, 0.25) is 0 Å². The number of pyridine rings is 1. The number of aromatic nitrogens is 3. The summed E-state index contributed by atoms with van der Waals surface area (Å²) in [6.45, 7) is 0.599. The fourth-order valence-corrected chi connectivity index (χ4v) is 5.68. The zero-order valence-electron chi connectivity index (χ0n) is 19.4. The van der Waals surface area contributed by atoms with Gasteiger partial charge >= 0.3 is 0 Å². The summed E-state index contributed by atoms with van der Waals surface area (Å²) in [5, 5.41) is 8.55. The maximum absolute atomic E-state index is 13.4. The van der Waals surface area contributed by atoms with Gasteiger partial charge in [0.05, 0.1) is 23.7 Å². The van der Waals surface area contributed by atoms with Crippen LogP contribution in [-0.4, -0.2) is 54.5 Å². The largest absolute Gasteiger partial charge is 0.495 e. The third-order valence-corrected chi connectivity index (χ3v) is 8.12. The van der Waals surface area contributed by atoms with Gasteiger partial charge in [0.15, 0.2) is 11.5 Å². The van der Waals surface area contributed by atoms with E-state index in [2.05, 4.69) is 10.2 Å². The Morgan fingerprint density at radius 3 is 2.54 bits per heavy atom. The number of sulfonamides is 1. The molecule has 1 saturated heterocycles. The molecule has 0 bridgehead atoms. The highest BCUT2D eigenvalue weighted by Crippen LogP contribution is 2.33. The van der Waals surface area contributed by atoms with Gasteiger partial charge in [-0.15, -0.1) is 10.2 Å². The number of para-hydroxylation sites is 2. The first-order chi connectivity index (χ1) is 16.9. The van der Waals surface area contributed by atoms with E-state index in [9.17, 15) is 13.2 Å². The second-order valence-electron chi connectivity index (χ2n) is 8.31. The number of methoxy groups -OCH3 is 1. The molecule has 35 heavy (non-hydrogen) atoms. The van der Waals surface area contributed by atoms with E-state index >= 15 is 0 Å². The van der Waals surface area contributed by atoms with Crippen molar-refractivity contribution >= 4 is 27.3 Å². The standard InChI is InChI=1S/C25H25N5O4S/c1-28(20-8-3-4-10-22(20)34-2)35(32,33)19-14-12-18(13-15-19)25(31)29-17-7-9-21(29)24-27-26-23-11-5-6-16-30(23)24/h3-6,8,10-16,21H,7,9,17H2,1-2H3. The van der Waals surface area contributed by atoms with Gasteiger partial charge < -0.3 is 9.64 Å².